The van der Waals surface area contributed by atoms with Crippen LogP contribution in [-0.4, -0.2) is 123 Å². The zero-order valence-electron chi connectivity index (χ0n) is 37.6. The summed E-state index contributed by atoms with van der Waals surface area (Å²) in [5, 5.41) is 57.2. The monoisotopic (exact) mass is 972 g/mol. The van der Waals surface area contributed by atoms with Crippen molar-refractivity contribution in [3.05, 3.63) is 83.0 Å². The summed E-state index contributed by atoms with van der Waals surface area (Å²) in [5.74, 6) is -7.15. The maximum absolute atomic E-state index is 12.8. The Balaban J connectivity index is 0.000000422. The van der Waals surface area contributed by atoms with E-state index in [0.29, 0.717) is 30.0 Å². The molecule has 0 unspecified atom stereocenters. The topological polar surface area (TPSA) is 255 Å². The molecule has 0 radical (unpaired) electrons. The fraction of sp³-hybridized carbons (Fsp3) is 0.435. The number of halogens is 6. The highest BCUT2D eigenvalue weighted by Gasteiger charge is 2.44. The summed E-state index contributed by atoms with van der Waals surface area (Å²) in [6, 6.07) is 5.97. The number of esters is 3. The van der Waals surface area contributed by atoms with E-state index in [9.17, 15) is 75.8 Å². The fourth-order valence-electron chi connectivity index (χ4n) is 5.90. The van der Waals surface area contributed by atoms with Gasteiger partial charge >= 0.3 is 30.3 Å². The number of alkyl halides is 6. The molecule has 4 rings (SSSR count). The van der Waals surface area contributed by atoms with Gasteiger partial charge in [0.15, 0.2) is 17.7 Å². The number of aliphatic hydroxyl groups is 3. The van der Waals surface area contributed by atoms with Crippen LogP contribution in [0.3, 0.4) is 0 Å². The van der Waals surface area contributed by atoms with Gasteiger partial charge in [0.05, 0.1) is 6.10 Å². The molecule has 7 N–H and O–H groups in total. The normalized spacial score (nSPS) is 24.8. The Labute approximate surface area is 387 Å². The summed E-state index contributed by atoms with van der Waals surface area (Å²) >= 11 is 0. The summed E-state index contributed by atoms with van der Waals surface area (Å²) < 4.78 is 84.6. The van der Waals surface area contributed by atoms with Gasteiger partial charge in [-0.3, -0.25) is 14.4 Å². The third-order valence-corrected chi connectivity index (χ3v) is 9.92. The van der Waals surface area contributed by atoms with Crippen LogP contribution >= 0.6 is 0 Å². The minimum atomic E-state index is -5.33. The van der Waals surface area contributed by atoms with Crippen molar-refractivity contribution >= 4 is 59.3 Å². The van der Waals surface area contributed by atoms with E-state index in [4.69, 9.17) is 14.3 Å². The Hall–Kier alpha value is -6.52. The Morgan fingerprint density at radius 1 is 0.691 bits per heavy atom. The lowest BCUT2D eigenvalue weighted by Gasteiger charge is -2.22. The number of carbonyl (C=O) groups excluding carboxylic acids is 6. The number of ketones is 2. The molecule has 2 aromatic carbocycles. The maximum atomic E-state index is 12.8. The number of ether oxygens (including phenoxy) is 3. The van der Waals surface area contributed by atoms with Crippen molar-refractivity contribution in [2.45, 2.75) is 103 Å². The van der Waals surface area contributed by atoms with Crippen molar-refractivity contribution < 1.29 is 94.9 Å². The average Bonchev–Trinajstić information content (AvgIpc) is 3.25. The van der Waals surface area contributed by atoms with E-state index < -0.39 is 97.1 Å². The minimum Gasteiger partial charge on any atom is -0.507 e. The van der Waals surface area contributed by atoms with Crippen LogP contribution in [0.4, 0.5) is 37.7 Å². The van der Waals surface area contributed by atoms with Gasteiger partial charge in [-0.25, -0.2) is 14.4 Å². The van der Waals surface area contributed by atoms with Gasteiger partial charge in [0.1, 0.15) is 47.0 Å². The van der Waals surface area contributed by atoms with Gasteiger partial charge in [0.2, 0.25) is 6.29 Å². The lowest BCUT2D eigenvalue weighted by Crippen LogP contribution is -2.40. The highest BCUT2D eigenvalue weighted by Crippen LogP contribution is 2.32. The Kier molecular flexibility index (Phi) is 22.1. The molecule has 0 saturated heterocycles. The molecule has 0 aliphatic carbocycles. The molecule has 2 aromatic rings. The van der Waals surface area contributed by atoms with Crippen LogP contribution in [0.25, 0.3) is 12.2 Å². The molecule has 16 nitrogen and oxygen atoms in total. The largest absolute Gasteiger partial charge is 0.507 e. The summed E-state index contributed by atoms with van der Waals surface area (Å²) in [6.07, 6.45) is -9.08. The molecule has 0 amide bonds. The molecule has 0 aromatic heterocycles. The number of hydrogen-bond donors (Lipinski definition) is 7. The van der Waals surface area contributed by atoms with E-state index in [1.807, 2.05) is 13.8 Å². The first kappa shape index (κ1) is 57.6. The predicted octanol–water partition coefficient (Wildman–Crippen LogP) is 6.40. The average molecular weight is 973 g/mol. The van der Waals surface area contributed by atoms with E-state index in [2.05, 4.69) is 15.4 Å². The number of anilines is 2. The molecule has 8 atom stereocenters. The molecule has 2 aliphatic rings. The van der Waals surface area contributed by atoms with Gasteiger partial charge in [-0.05, 0) is 69.5 Å². The molecule has 374 valence electrons. The number of phenols is 2. The molecule has 0 bridgehead atoms. The molecule has 0 saturated carbocycles. The van der Waals surface area contributed by atoms with Gasteiger partial charge in [-0.15, -0.1) is 0 Å². The van der Waals surface area contributed by atoms with Gasteiger partial charge in [-0.1, -0.05) is 50.3 Å². The van der Waals surface area contributed by atoms with E-state index in [1.54, 1.807) is 39.8 Å². The van der Waals surface area contributed by atoms with Crippen LogP contribution < -0.4 is 10.6 Å². The fourth-order valence-corrected chi connectivity index (χ4v) is 5.90. The van der Waals surface area contributed by atoms with Gasteiger partial charge < -0.3 is 50.4 Å². The summed E-state index contributed by atoms with van der Waals surface area (Å²) in [5.41, 5.74) is 1.48. The van der Waals surface area contributed by atoms with Crippen LogP contribution in [0.2, 0.25) is 0 Å². The number of hydrogen-bond acceptors (Lipinski definition) is 16. The van der Waals surface area contributed by atoms with Crippen molar-refractivity contribution in [3.63, 3.8) is 0 Å². The summed E-state index contributed by atoms with van der Waals surface area (Å²) in [7, 11) is 0. The van der Waals surface area contributed by atoms with Crippen molar-refractivity contribution in [1.82, 2.24) is 0 Å². The van der Waals surface area contributed by atoms with Gasteiger partial charge in [0.25, 0.3) is 0 Å². The second kappa shape index (κ2) is 26.1. The van der Waals surface area contributed by atoms with Crippen LogP contribution in [-0.2, 0) is 33.4 Å². The third-order valence-electron chi connectivity index (χ3n) is 9.92. The van der Waals surface area contributed by atoms with Crippen LogP contribution in [0.15, 0.2) is 60.7 Å². The summed E-state index contributed by atoms with van der Waals surface area (Å²) in [4.78, 5) is 69.8. The molecule has 0 fully saturated rings. The standard InChI is InChI=1S/C23H26F3NO7.C21H27NO6.C2HF3O/c1-4-27-15-10-14-6-5-7-18(34-22(32)23(24,25)26)20(30)16(28)9-8-12(2)13(3)33-21(31)19(14)17(29)11-15;1-4-22-15-10-14-6-5-7-16(23)20(26)17(24)9-8-12(2)13(3)28-21(27)19(14)18(25)11-15;3-2(4,5)1-6/h5-6,8-13,18,20,27,29-30H,4,7H2,1-3H3;5-6,8-13,16,20,22-23,25-26H,4,7H2,1-3H3;1H/b2*6-5?,9-8-;/t12-,13+,18+,20-;12-,13+,16+,20+;/m11./s1. The van der Waals surface area contributed by atoms with Gasteiger partial charge in [0, 0.05) is 54.9 Å². The number of benzene rings is 2. The van der Waals surface area contributed by atoms with E-state index in [1.165, 1.54) is 54.7 Å². The highest BCUT2D eigenvalue weighted by atomic mass is 19.4. The van der Waals surface area contributed by atoms with E-state index in [-0.39, 0.29) is 40.5 Å². The minimum absolute atomic E-state index is 0.00656. The molecule has 22 heteroatoms. The highest BCUT2D eigenvalue weighted by molar-refractivity contribution is 5.99. The SMILES string of the molecule is CCNc1cc(O)c2c(c1)C=CC[C@H](O)[C@H](O)C(=O)/C=C\[C@@H](C)[C@H](C)OC2=O.CCNc1cc(O)c2c(c1)C=CC[C@H](OC(=O)C(F)(F)F)[C@H](O)C(=O)/C=C\[C@@H](C)[C@H](C)OC2=O.O=CC(F)(F)F. The lowest BCUT2D eigenvalue weighted by molar-refractivity contribution is -0.208. The maximum Gasteiger partial charge on any atom is 0.490 e. The zero-order valence-corrected chi connectivity index (χ0v) is 37.6. The Morgan fingerprint density at radius 2 is 1.09 bits per heavy atom. The Morgan fingerprint density at radius 3 is 1.47 bits per heavy atom. The number of aldehydes is 1. The predicted molar refractivity (Wildman–Crippen MR) is 234 cm³/mol. The number of aromatic hydroxyl groups is 2. The van der Waals surface area contributed by atoms with E-state index in [0.717, 1.165) is 6.08 Å². The number of fused-ring (bicyclic) bond motifs is 2. The lowest BCUT2D eigenvalue weighted by atomic mass is 9.99. The molecule has 68 heavy (non-hydrogen) atoms. The second-order valence-corrected chi connectivity index (χ2v) is 15.3. The zero-order chi connectivity index (χ0) is 51.7. The molecule has 2 aliphatic heterocycles. The smallest absolute Gasteiger partial charge is 0.490 e. The molecule has 2 heterocycles. The number of cyclic esters (lactones) is 2. The number of nitrogens with one attached hydrogen (secondary N) is 2. The van der Waals surface area contributed by atoms with Crippen molar-refractivity contribution in [3.8, 4) is 11.5 Å². The first-order chi connectivity index (χ1) is 31.6. The van der Waals surface area contributed by atoms with E-state index >= 15 is 0 Å². The first-order valence-electron chi connectivity index (χ1n) is 20.9. The van der Waals surface area contributed by atoms with Crippen molar-refractivity contribution in [2.75, 3.05) is 23.7 Å². The molecular weight excluding hydrogens is 918 g/mol. The first-order valence-corrected chi connectivity index (χ1v) is 20.9. The molecular formula is C46H54F6N2O14. The molecule has 0 spiro atoms. The van der Waals surface area contributed by atoms with Crippen LogP contribution in [0.1, 0.15) is 86.2 Å². The second-order valence-electron chi connectivity index (χ2n) is 15.3. The van der Waals surface area contributed by atoms with Crippen LogP contribution in [0.5, 0.6) is 11.5 Å². The Bertz CT molecular complexity index is 2220. The van der Waals surface area contributed by atoms with Gasteiger partial charge in [-0.2, -0.15) is 26.3 Å². The quantitative estimate of drug-likeness (QED) is 0.0741. The summed E-state index contributed by atoms with van der Waals surface area (Å²) in [6.45, 7) is 11.4. The van der Waals surface area contributed by atoms with Crippen LogP contribution in [0, 0.1) is 11.8 Å². The number of aliphatic hydroxyl groups excluding tert-OH is 3. The van der Waals surface area contributed by atoms with Crippen molar-refractivity contribution in [2.24, 2.45) is 11.8 Å². The number of phenolic OH excluding ortho intramolecular Hbond substituents is 2. The number of carbonyl (C=O) groups is 6. The third kappa shape index (κ3) is 17.9. The van der Waals surface area contributed by atoms with Crippen molar-refractivity contribution in [1.29, 1.82) is 0 Å². The number of rotatable bonds is 5.